The van der Waals surface area contributed by atoms with Crippen LogP contribution in [0.15, 0.2) is 33.3 Å². The highest BCUT2D eigenvalue weighted by atomic mass is 79.9. The summed E-state index contributed by atoms with van der Waals surface area (Å²) in [5.41, 5.74) is 6.61. The van der Waals surface area contributed by atoms with Gasteiger partial charge in [0.15, 0.2) is 0 Å². The number of halogens is 2. The van der Waals surface area contributed by atoms with Crippen LogP contribution in [0, 0.1) is 12.8 Å². The molecule has 0 N–H and O–H groups in total. The maximum Gasteiger partial charge on any atom is 0.224 e. The molecule has 5 nitrogen and oxygen atoms in total. The van der Waals surface area contributed by atoms with Gasteiger partial charge in [0, 0.05) is 60.1 Å². The van der Waals surface area contributed by atoms with Crippen LogP contribution >= 0.6 is 31.9 Å². The molecule has 1 aromatic heterocycles. The summed E-state index contributed by atoms with van der Waals surface area (Å²) in [6.45, 7) is 5.07. The Balaban J connectivity index is 1.33. The van der Waals surface area contributed by atoms with Crippen LogP contribution in [0.3, 0.4) is 0 Å². The van der Waals surface area contributed by atoms with E-state index in [9.17, 15) is 9.59 Å². The standard InChI is InChI=1S/C28H33Br2N3O2/c1-18-14-20-5-6-21-16-22(29)17-31-28(21)27(26(20)23(30)15-18)19-7-11-33(12-8-19)25(35)9-13-32-10-3-2-4-24(32)34/h14-17,19,27H,2-13H2,1H3/t27-/m1/s1. The molecular formula is C28H33Br2N3O2. The number of likely N-dealkylation sites (tertiary alicyclic amines) is 2. The van der Waals surface area contributed by atoms with Crippen molar-refractivity contribution in [3.05, 3.63) is 61.3 Å². The largest absolute Gasteiger partial charge is 0.343 e. The van der Waals surface area contributed by atoms with Gasteiger partial charge in [0.2, 0.25) is 11.8 Å². The van der Waals surface area contributed by atoms with Gasteiger partial charge >= 0.3 is 0 Å². The number of fused-ring (bicyclic) bond motifs is 2. The van der Waals surface area contributed by atoms with Crippen LogP contribution in [0.5, 0.6) is 0 Å². The number of aromatic nitrogens is 1. The molecule has 7 heteroatoms. The summed E-state index contributed by atoms with van der Waals surface area (Å²) in [5, 5.41) is 0. The number of hydrogen-bond donors (Lipinski definition) is 0. The molecule has 0 radical (unpaired) electrons. The minimum atomic E-state index is 0.183. The summed E-state index contributed by atoms with van der Waals surface area (Å²) in [7, 11) is 0. The van der Waals surface area contributed by atoms with Crippen molar-refractivity contribution in [3.63, 3.8) is 0 Å². The Labute approximate surface area is 224 Å². The number of piperidine rings is 2. The van der Waals surface area contributed by atoms with Crippen LogP contribution in [0.25, 0.3) is 0 Å². The van der Waals surface area contributed by atoms with Gasteiger partial charge in [0.25, 0.3) is 0 Å². The quantitative estimate of drug-likeness (QED) is 0.445. The van der Waals surface area contributed by atoms with Crippen LogP contribution in [-0.2, 0) is 22.4 Å². The molecule has 1 aliphatic carbocycles. The lowest BCUT2D eigenvalue weighted by atomic mass is 9.76. The second-order valence-electron chi connectivity index (χ2n) is 10.3. The zero-order valence-electron chi connectivity index (χ0n) is 20.4. The fraction of sp³-hybridized carbons (Fsp3) is 0.536. The summed E-state index contributed by atoms with van der Waals surface area (Å²) < 4.78 is 2.21. The van der Waals surface area contributed by atoms with Gasteiger partial charge in [-0.1, -0.05) is 22.0 Å². The van der Waals surface area contributed by atoms with E-state index in [1.54, 1.807) is 0 Å². The molecule has 0 unspecified atom stereocenters. The van der Waals surface area contributed by atoms with E-state index in [-0.39, 0.29) is 17.7 Å². The van der Waals surface area contributed by atoms with E-state index in [4.69, 9.17) is 4.98 Å². The lowest BCUT2D eigenvalue weighted by molar-refractivity contribution is -0.136. The zero-order valence-corrected chi connectivity index (χ0v) is 23.5. The van der Waals surface area contributed by atoms with E-state index in [0.29, 0.717) is 25.3 Å². The van der Waals surface area contributed by atoms with Crippen molar-refractivity contribution in [2.24, 2.45) is 5.92 Å². The van der Waals surface area contributed by atoms with E-state index in [1.165, 1.54) is 32.4 Å². The summed E-state index contributed by atoms with van der Waals surface area (Å²) in [5.74, 6) is 1.05. The average molecular weight is 603 g/mol. The first-order valence-corrected chi connectivity index (χ1v) is 14.5. The number of benzene rings is 1. The molecule has 2 fully saturated rings. The number of carbonyl (C=O) groups excluding carboxylic acids is 2. The van der Waals surface area contributed by atoms with Crippen LogP contribution in [0.2, 0.25) is 0 Å². The maximum atomic E-state index is 13.0. The van der Waals surface area contributed by atoms with Crippen molar-refractivity contribution in [2.45, 2.75) is 64.2 Å². The Kier molecular flexibility index (Phi) is 7.63. The zero-order chi connectivity index (χ0) is 24.5. The number of pyridine rings is 1. The molecule has 35 heavy (non-hydrogen) atoms. The van der Waals surface area contributed by atoms with Crippen molar-refractivity contribution in [3.8, 4) is 0 Å². The third-order valence-corrected chi connectivity index (χ3v) is 9.07. The predicted molar refractivity (Wildman–Crippen MR) is 144 cm³/mol. The van der Waals surface area contributed by atoms with Gasteiger partial charge in [-0.3, -0.25) is 14.6 Å². The molecule has 2 aromatic rings. The first-order chi connectivity index (χ1) is 16.9. The second kappa shape index (κ2) is 10.7. The predicted octanol–water partition coefficient (Wildman–Crippen LogP) is 5.79. The smallest absolute Gasteiger partial charge is 0.224 e. The summed E-state index contributed by atoms with van der Waals surface area (Å²) in [6.07, 6.45) is 8.97. The SMILES string of the molecule is Cc1cc(Br)c2c(c1)CCc1cc(Br)cnc1[C@@H]2C1CCN(C(=O)CCN2CCCCC2=O)CC1. The Morgan fingerprint density at radius 3 is 2.57 bits per heavy atom. The molecule has 2 amide bonds. The molecule has 2 aliphatic heterocycles. The summed E-state index contributed by atoms with van der Waals surface area (Å²) in [4.78, 5) is 33.9. The molecular weight excluding hydrogens is 570 g/mol. The number of carbonyl (C=O) groups is 2. The van der Waals surface area contributed by atoms with Gasteiger partial charge in [-0.15, -0.1) is 0 Å². The number of aryl methyl sites for hydroxylation is 3. The Bertz CT molecular complexity index is 1130. The van der Waals surface area contributed by atoms with Gasteiger partial charge in [0.1, 0.15) is 0 Å². The topological polar surface area (TPSA) is 53.5 Å². The fourth-order valence-corrected chi connectivity index (χ4v) is 7.43. The molecule has 5 rings (SSSR count). The van der Waals surface area contributed by atoms with E-state index in [0.717, 1.165) is 62.6 Å². The van der Waals surface area contributed by atoms with Crippen LogP contribution in [0.4, 0.5) is 0 Å². The van der Waals surface area contributed by atoms with Crippen molar-refractivity contribution in [2.75, 3.05) is 26.2 Å². The third-order valence-electron chi connectivity index (χ3n) is 7.98. The lowest BCUT2D eigenvalue weighted by Crippen LogP contribution is -2.42. The first-order valence-electron chi connectivity index (χ1n) is 12.9. The van der Waals surface area contributed by atoms with Crippen LogP contribution in [0.1, 0.15) is 72.4 Å². The maximum absolute atomic E-state index is 13.0. The molecule has 3 heterocycles. The first kappa shape index (κ1) is 24.9. The number of hydrogen-bond acceptors (Lipinski definition) is 3. The van der Waals surface area contributed by atoms with E-state index in [2.05, 4.69) is 57.0 Å². The minimum absolute atomic E-state index is 0.183. The van der Waals surface area contributed by atoms with E-state index < -0.39 is 0 Å². The molecule has 0 bridgehead atoms. The molecule has 2 saturated heterocycles. The Morgan fingerprint density at radius 2 is 1.80 bits per heavy atom. The Morgan fingerprint density at radius 1 is 1.03 bits per heavy atom. The van der Waals surface area contributed by atoms with Gasteiger partial charge in [0.05, 0.1) is 5.69 Å². The minimum Gasteiger partial charge on any atom is -0.343 e. The van der Waals surface area contributed by atoms with Gasteiger partial charge in [-0.25, -0.2) is 0 Å². The fourth-order valence-electron chi connectivity index (χ4n) is 6.19. The molecule has 3 aliphatic rings. The van der Waals surface area contributed by atoms with Crippen molar-refractivity contribution in [1.29, 1.82) is 0 Å². The average Bonchev–Trinajstić information content (AvgIpc) is 3.00. The summed E-state index contributed by atoms with van der Waals surface area (Å²) >= 11 is 7.53. The van der Waals surface area contributed by atoms with Gasteiger partial charge in [-0.05, 0) is 102 Å². The highest BCUT2D eigenvalue weighted by molar-refractivity contribution is 9.10. The monoisotopic (exact) mass is 601 g/mol. The van der Waals surface area contributed by atoms with Crippen LogP contribution < -0.4 is 0 Å². The summed E-state index contributed by atoms with van der Waals surface area (Å²) in [6, 6.07) is 6.81. The molecule has 1 aromatic carbocycles. The van der Waals surface area contributed by atoms with Gasteiger partial charge in [-0.2, -0.15) is 0 Å². The third kappa shape index (κ3) is 5.36. The second-order valence-corrected chi connectivity index (χ2v) is 12.1. The lowest BCUT2D eigenvalue weighted by Gasteiger charge is -2.37. The van der Waals surface area contributed by atoms with Crippen molar-refractivity contribution >= 4 is 43.7 Å². The normalized spacial score (nSPS) is 20.9. The van der Waals surface area contributed by atoms with E-state index >= 15 is 0 Å². The van der Waals surface area contributed by atoms with Gasteiger partial charge < -0.3 is 9.80 Å². The number of nitrogens with zero attached hydrogens (tertiary/aromatic N) is 3. The molecule has 0 saturated carbocycles. The number of amides is 2. The molecule has 186 valence electrons. The number of rotatable bonds is 4. The molecule has 0 spiro atoms. The van der Waals surface area contributed by atoms with E-state index in [1.807, 2.05) is 16.0 Å². The Hall–Kier alpha value is -1.73. The van der Waals surface area contributed by atoms with Crippen LogP contribution in [-0.4, -0.2) is 52.8 Å². The highest BCUT2D eigenvalue weighted by Gasteiger charge is 2.36. The molecule has 1 atom stereocenters. The van der Waals surface area contributed by atoms with Crippen molar-refractivity contribution in [1.82, 2.24) is 14.8 Å². The van der Waals surface area contributed by atoms with Crippen molar-refractivity contribution < 1.29 is 9.59 Å². The highest BCUT2D eigenvalue weighted by Crippen LogP contribution is 2.45.